The highest BCUT2D eigenvalue weighted by atomic mass is 32.2. The number of carbonyl (C=O) groups excluding carboxylic acids is 1. The second-order valence-corrected chi connectivity index (χ2v) is 9.69. The molecule has 38 heavy (non-hydrogen) atoms. The fourth-order valence-electron chi connectivity index (χ4n) is 3.80. The van der Waals surface area contributed by atoms with Crippen LogP contribution in [-0.2, 0) is 23.9 Å². The number of rotatable bonds is 10. The zero-order chi connectivity index (χ0) is 27.0. The molecule has 0 radical (unpaired) electrons. The maximum Gasteiger partial charge on any atom is 0.358 e. The van der Waals surface area contributed by atoms with E-state index < -0.39 is 22.2 Å². The number of carbonyl (C=O) groups is 1. The fourth-order valence-corrected chi connectivity index (χ4v) is 4.53. The van der Waals surface area contributed by atoms with E-state index in [1.54, 1.807) is 30.3 Å². The topological polar surface area (TPSA) is 115 Å². The maximum atomic E-state index is 12.5. The minimum absolute atomic E-state index is 0.179. The van der Waals surface area contributed by atoms with Crippen molar-refractivity contribution >= 4 is 32.6 Å². The first-order chi connectivity index (χ1) is 18.4. The Hall–Kier alpha value is -4.68. The molecule has 0 fully saturated rings. The zero-order valence-corrected chi connectivity index (χ0v) is 21.3. The highest BCUT2D eigenvalue weighted by Crippen LogP contribution is 2.29. The summed E-state index contributed by atoms with van der Waals surface area (Å²) in [6, 6.07) is 29.2. The van der Waals surface area contributed by atoms with Crippen LogP contribution in [0.1, 0.15) is 30.6 Å². The van der Waals surface area contributed by atoms with Crippen LogP contribution >= 0.6 is 0 Å². The van der Waals surface area contributed by atoms with Gasteiger partial charge in [0.1, 0.15) is 22.8 Å². The Kier molecular flexibility index (Phi) is 8.36. The summed E-state index contributed by atoms with van der Waals surface area (Å²) in [6.45, 7) is 1.59. The van der Waals surface area contributed by atoms with Gasteiger partial charge in [0.05, 0.1) is 0 Å². The van der Waals surface area contributed by atoms with E-state index in [0.29, 0.717) is 12.0 Å². The van der Waals surface area contributed by atoms with Gasteiger partial charge in [-0.2, -0.15) is 13.7 Å². The lowest BCUT2D eigenvalue weighted by Crippen LogP contribution is -2.18. The van der Waals surface area contributed by atoms with Gasteiger partial charge in [0.15, 0.2) is 12.3 Å². The molecule has 1 unspecified atom stereocenters. The van der Waals surface area contributed by atoms with E-state index in [2.05, 4.69) is 5.16 Å². The van der Waals surface area contributed by atoms with Crippen LogP contribution in [0.5, 0.6) is 5.75 Å². The molecule has 4 rings (SSSR count). The smallest absolute Gasteiger partial charge is 0.358 e. The molecule has 1 atom stereocenters. The molecule has 4 aromatic carbocycles. The van der Waals surface area contributed by atoms with Crippen LogP contribution in [-0.4, -0.2) is 26.7 Å². The van der Waals surface area contributed by atoms with Crippen LogP contribution in [0.3, 0.4) is 0 Å². The molecule has 4 aromatic rings. The molecule has 8 nitrogen and oxygen atoms in total. The monoisotopic (exact) mass is 528 g/mol. The molecule has 0 heterocycles. The molecule has 0 bridgehead atoms. The number of ether oxygens (including phenoxy) is 2. The molecule has 9 heteroatoms. The van der Waals surface area contributed by atoms with E-state index in [0.717, 1.165) is 16.3 Å². The van der Waals surface area contributed by atoms with E-state index in [9.17, 15) is 18.5 Å². The predicted octanol–water partition coefficient (Wildman–Crippen LogP) is 5.55. The molecule has 0 aliphatic carbocycles. The fraction of sp³-hybridized carbons (Fsp3) is 0.138. The Bertz CT molecular complexity index is 1590. The van der Waals surface area contributed by atoms with E-state index >= 15 is 0 Å². The van der Waals surface area contributed by atoms with E-state index in [1.807, 2.05) is 55.5 Å². The number of hydrogen-bond acceptors (Lipinski definition) is 8. The number of esters is 1. The first-order valence-electron chi connectivity index (χ1n) is 11.8. The predicted molar refractivity (Wildman–Crippen MR) is 142 cm³/mol. The van der Waals surface area contributed by atoms with Gasteiger partial charge in [-0.25, -0.2) is 4.79 Å². The van der Waals surface area contributed by atoms with E-state index in [1.165, 1.54) is 24.3 Å². The van der Waals surface area contributed by atoms with Crippen LogP contribution in [0.4, 0.5) is 0 Å². The second-order valence-electron chi connectivity index (χ2n) is 8.16. The third kappa shape index (κ3) is 6.35. The molecular weight excluding hydrogens is 504 g/mol. The molecule has 0 amide bonds. The summed E-state index contributed by atoms with van der Waals surface area (Å²) >= 11 is 0. The maximum absolute atomic E-state index is 12.5. The van der Waals surface area contributed by atoms with Gasteiger partial charge in [-0.1, -0.05) is 84.9 Å². The molecule has 0 aliphatic rings. The quantitative estimate of drug-likeness (QED) is 0.151. The number of oxime groups is 1. The molecular formula is C29H24N2O6S. The minimum atomic E-state index is -4.28. The van der Waals surface area contributed by atoms with Crippen LogP contribution in [0, 0.1) is 11.3 Å². The summed E-state index contributed by atoms with van der Waals surface area (Å²) in [5, 5.41) is 14.8. The van der Waals surface area contributed by atoms with Gasteiger partial charge < -0.3 is 9.47 Å². The average molecular weight is 529 g/mol. The average Bonchev–Trinajstić information content (AvgIpc) is 2.95. The number of nitriles is 1. The zero-order valence-electron chi connectivity index (χ0n) is 20.5. The van der Waals surface area contributed by atoms with Crippen molar-refractivity contribution in [1.29, 1.82) is 5.26 Å². The van der Waals surface area contributed by atoms with Gasteiger partial charge in [-0.3, -0.25) is 4.28 Å². The van der Waals surface area contributed by atoms with Gasteiger partial charge in [-0.15, -0.1) is 0 Å². The van der Waals surface area contributed by atoms with Crippen molar-refractivity contribution in [3.63, 3.8) is 0 Å². The lowest BCUT2D eigenvalue weighted by molar-refractivity contribution is -0.152. The first kappa shape index (κ1) is 26.4. The van der Waals surface area contributed by atoms with Crippen molar-refractivity contribution in [3.05, 3.63) is 108 Å². The van der Waals surface area contributed by atoms with Crippen molar-refractivity contribution in [2.75, 3.05) is 6.61 Å². The number of hydrogen-bond donors (Lipinski definition) is 0. The Balaban J connectivity index is 1.36. The van der Waals surface area contributed by atoms with Gasteiger partial charge in [0.2, 0.25) is 0 Å². The molecule has 0 aromatic heterocycles. The van der Waals surface area contributed by atoms with Crippen molar-refractivity contribution < 1.29 is 27.0 Å². The highest BCUT2D eigenvalue weighted by Gasteiger charge is 2.19. The lowest BCUT2D eigenvalue weighted by Gasteiger charge is -2.18. The van der Waals surface area contributed by atoms with Crippen molar-refractivity contribution in [2.45, 2.75) is 24.3 Å². The third-order valence-corrected chi connectivity index (χ3v) is 6.78. The van der Waals surface area contributed by atoms with Crippen LogP contribution in [0.2, 0.25) is 0 Å². The van der Waals surface area contributed by atoms with Gasteiger partial charge >= 0.3 is 16.1 Å². The lowest BCUT2D eigenvalue weighted by atomic mass is 9.99. The number of nitrogens with zero attached hydrogens (tertiary/aromatic N) is 2. The summed E-state index contributed by atoms with van der Waals surface area (Å²) in [7, 11) is -4.28. The minimum Gasteiger partial charge on any atom is -0.482 e. The summed E-state index contributed by atoms with van der Waals surface area (Å²) in [5.41, 5.74) is 1.16. The Morgan fingerprint density at radius 1 is 0.921 bits per heavy atom. The Morgan fingerprint density at radius 3 is 2.32 bits per heavy atom. The van der Waals surface area contributed by atoms with Gasteiger partial charge in [0.25, 0.3) is 0 Å². The molecule has 0 saturated heterocycles. The van der Waals surface area contributed by atoms with Gasteiger partial charge in [-0.05, 0) is 41.5 Å². The SMILES string of the molecule is CCC(OC(=O)COc1ccc(S(=O)(=O)O/N=C(\C#N)c2ccccc2)cc1)c1cccc2ccccc12. The van der Waals surface area contributed by atoms with Crippen LogP contribution < -0.4 is 4.74 Å². The van der Waals surface area contributed by atoms with E-state index in [4.69, 9.17) is 13.8 Å². The molecule has 0 N–H and O–H groups in total. The Morgan fingerprint density at radius 2 is 1.61 bits per heavy atom. The van der Waals surface area contributed by atoms with Crippen LogP contribution in [0.25, 0.3) is 10.8 Å². The number of benzene rings is 4. The van der Waals surface area contributed by atoms with E-state index in [-0.39, 0.29) is 23.0 Å². The van der Waals surface area contributed by atoms with Crippen molar-refractivity contribution in [2.24, 2.45) is 5.16 Å². The standard InChI is InChI=1S/C29H24N2O6S/c1-2-28(26-14-8-12-21-9-6-7-13-25(21)26)36-29(32)20-35-23-15-17-24(18-16-23)38(33,34)37-31-27(19-30)22-10-4-3-5-11-22/h3-18,28H,2,20H2,1H3/b31-27+. The van der Waals surface area contributed by atoms with Crippen LogP contribution in [0.15, 0.2) is 107 Å². The Labute approximate surface area is 220 Å². The number of fused-ring (bicyclic) bond motifs is 1. The molecule has 192 valence electrons. The van der Waals surface area contributed by atoms with Gasteiger partial charge in [0, 0.05) is 11.1 Å². The summed E-state index contributed by atoms with van der Waals surface area (Å²) in [5.74, 6) is -0.284. The summed E-state index contributed by atoms with van der Waals surface area (Å²) < 4.78 is 40.9. The summed E-state index contributed by atoms with van der Waals surface area (Å²) in [6.07, 6.45) is 0.156. The first-order valence-corrected chi connectivity index (χ1v) is 13.2. The molecule has 0 saturated carbocycles. The third-order valence-electron chi connectivity index (χ3n) is 5.66. The molecule has 0 spiro atoms. The molecule has 0 aliphatic heterocycles. The summed E-state index contributed by atoms with van der Waals surface area (Å²) in [4.78, 5) is 12.3. The van der Waals surface area contributed by atoms with Crippen molar-refractivity contribution in [1.82, 2.24) is 0 Å². The normalized spacial score (nSPS) is 12.4. The second kappa shape index (κ2) is 12.0. The largest absolute Gasteiger partial charge is 0.482 e. The highest BCUT2D eigenvalue weighted by molar-refractivity contribution is 7.86. The van der Waals surface area contributed by atoms with Crippen molar-refractivity contribution in [3.8, 4) is 11.8 Å².